The van der Waals surface area contributed by atoms with Crippen molar-refractivity contribution in [2.24, 2.45) is 0 Å². The van der Waals surface area contributed by atoms with Gasteiger partial charge in [-0.15, -0.1) is 0 Å². The van der Waals surface area contributed by atoms with Gasteiger partial charge in [0.05, 0.1) is 17.6 Å². The molecule has 0 unspecified atom stereocenters. The van der Waals surface area contributed by atoms with Crippen molar-refractivity contribution in [3.8, 4) is 5.69 Å². The van der Waals surface area contributed by atoms with Crippen LogP contribution in [0.2, 0.25) is 0 Å². The van der Waals surface area contributed by atoms with Crippen molar-refractivity contribution < 1.29 is 4.79 Å². The van der Waals surface area contributed by atoms with Crippen LogP contribution < -0.4 is 5.56 Å². The van der Waals surface area contributed by atoms with Crippen molar-refractivity contribution in [2.45, 2.75) is 44.7 Å². The number of H-pyrrole nitrogens is 1. The van der Waals surface area contributed by atoms with Gasteiger partial charge in [0, 0.05) is 13.1 Å². The van der Waals surface area contributed by atoms with Crippen LogP contribution in [0.4, 0.5) is 0 Å². The number of aryl methyl sites for hydroxylation is 1. The van der Waals surface area contributed by atoms with Crippen LogP contribution in [-0.2, 0) is 4.79 Å². The maximum Gasteiger partial charge on any atom is 0.262 e. The van der Waals surface area contributed by atoms with E-state index in [-0.39, 0.29) is 17.2 Å². The highest BCUT2D eigenvalue weighted by Crippen LogP contribution is 2.22. The summed E-state index contributed by atoms with van der Waals surface area (Å²) in [5.41, 5.74) is 3.40. The van der Waals surface area contributed by atoms with Crippen molar-refractivity contribution >= 4 is 28.7 Å². The lowest BCUT2D eigenvalue weighted by atomic mass is 10.1. The Balaban J connectivity index is 1.60. The molecular weight excluding hydrogens is 386 g/mol. The molecule has 0 radical (unpaired) electrons. The molecule has 3 heterocycles. The molecule has 1 saturated heterocycles. The minimum atomic E-state index is -0.240. The minimum Gasteiger partial charge on any atom is -0.342 e. The van der Waals surface area contributed by atoms with Gasteiger partial charge in [0.25, 0.3) is 5.56 Å². The Labute approximate surface area is 173 Å². The summed E-state index contributed by atoms with van der Waals surface area (Å²) in [6.45, 7) is 5.71. The van der Waals surface area contributed by atoms with E-state index >= 15 is 0 Å². The Morgan fingerprint density at radius 2 is 1.93 bits per heavy atom. The number of thioether (sulfide) groups is 1. The quantitative estimate of drug-likeness (QED) is 0.526. The Kier molecular flexibility index (Phi) is 5.71. The van der Waals surface area contributed by atoms with Gasteiger partial charge >= 0.3 is 0 Å². The molecule has 1 amide bonds. The second-order valence-corrected chi connectivity index (χ2v) is 8.43. The van der Waals surface area contributed by atoms with E-state index in [9.17, 15) is 9.59 Å². The Morgan fingerprint density at radius 3 is 2.69 bits per heavy atom. The lowest BCUT2D eigenvalue weighted by Crippen LogP contribution is -2.33. The van der Waals surface area contributed by atoms with Gasteiger partial charge < -0.3 is 9.88 Å². The van der Waals surface area contributed by atoms with Gasteiger partial charge in [-0.1, -0.05) is 36.7 Å². The number of carbonyl (C=O) groups is 1. The Morgan fingerprint density at radius 1 is 1.17 bits per heavy atom. The van der Waals surface area contributed by atoms with Crippen molar-refractivity contribution in [3.05, 3.63) is 45.9 Å². The van der Waals surface area contributed by atoms with Crippen molar-refractivity contribution in [2.75, 3.05) is 18.8 Å². The summed E-state index contributed by atoms with van der Waals surface area (Å²) in [5, 5.41) is 5.28. The molecule has 152 valence electrons. The summed E-state index contributed by atoms with van der Waals surface area (Å²) in [6, 6.07) is 5.97. The number of benzene rings is 1. The van der Waals surface area contributed by atoms with Gasteiger partial charge in [-0.25, -0.2) is 9.67 Å². The van der Waals surface area contributed by atoms with Gasteiger partial charge in [-0.2, -0.15) is 5.10 Å². The number of fused-ring (bicyclic) bond motifs is 1. The summed E-state index contributed by atoms with van der Waals surface area (Å²) >= 11 is 1.27. The van der Waals surface area contributed by atoms with Gasteiger partial charge in [0.2, 0.25) is 5.91 Å². The molecule has 4 rings (SSSR count). The average Bonchev–Trinajstić information content (AvgIpc) is 2.94. The van der Waals surface area contributed by atoms with Crippen LogP contribution in [0.15, 0.2) is 34.3 Å². The average molecular weight is 412 g/mol. The molecular formula is C21H25N5O2S. The highest BCUT2D eigenvalue weighted by molar-refractivity contribution is 7.99. The molecule has 1 aromatic carbocycles. The number of hydrogen-bond donors (Lipinski definition) is 1. The van der Waals surface area contributed by atoms with E-state index in [0.29, 0.717) is 16.2 Å². The van der Waals surface area contributed by atoms with E-state index in [1.54, 1.807) is 10.9 Å². The number of hydrogen-bond acceptors (Lipinski definition) is 5. The maximum atomic E-state index is 12.6. The molecule has 0 bridgehead atoms. The number of nitrogens with one attached hydrogen (secondary N) is 1. The molecule has 7 nitrogen and oxygen atoms in total. The van der Waals surface area contributed by atoms with E-state index in [1.807, 2.05) is 36.9 Å². The predicted octanol–water partition coefficient (Wildman–Crippen LogP) is 3.22. The molecule has 0 aliphatic carbocycles. The van der Waals surface area contributed by atoms with Crippen LogP contribution >= 0.6 is 11.8 Å². The molecule has 0 spiro atoms. The van der Waals surface area contributed by atoms with E-state index in [2.05, 4.69) is 15.1 Å². The second kappa shape index (κ2) is 8.41. The third kappa shape index (κ3) is 4.07. The van der Waals surface area contributed by atoms with Gasteiger partial charge in [0.1, 0.15) is 5.39 Å². The summed E-state index contributed by atoms with van der Waals surface area (Å²) in [4.78, 5) is 34.4. The topological polar surface area (TPSA) is 83.9 Å². The van der Waals surface area contributed by atoms with Crippen LogP contribution in [0.5, 0.6) is 0 Å². The molecule has 0 atom stereocenters. The largest absolute Gasteiger partial charge is 0.342 e. The molecule has 29 heavy (non-hydrogen) atoms. The number of rotatable bonds is 4. The fraction of sp³-hybridized carbons (Fsp3) is 0.429. The lowest BCUT2D eigenvalue weighted by molar-refractivity contribution is -0.128. The van der Waals surface area contributed by atoms with Gasteiger partial charge in [-0.3, -0.25) is 9.59 Å². The molecule has 0 saturated carbocycles. The smallest absolute Gasteiger partial charge is 0.262 e. The molecule has 1 fully saturated rings. The first kappa shape index (κ1) is 19.7. The van der Waals surface area contributed by atoms with Gasteiger partial charge in [0.15, 0.2) is 10.8 Å². The molecule has 3 aromatic rings. The van der Waals surface area contributed by atoms with E-state index < -0.39 is 0 Å². The maximum absolute atomic E-state index is 12.6. The van der Waals surface area contributed by atoms with Gasteiger partial charge in [-0.05, 0) is 43.9 Å². The molecule has 2 aromatic heterocycles. The standard InChI is InChI=1S/C21H25N5O2S/c1-14-8-7-9-17(15(14)2)26-19-16(12-22-26)20(28)24-21(23-19)29-13-18(27)25-10-5-3-4-6-11-25/h7-9,12H,3-6,10-11,13H2,1-2H3,(H,23,24,28). The molecule has 1 N–H and O–H groups in total. The zero-order chi connectivity index (χ0) is 20.4. The van der Waals surface area contributed by atoms with E-state index in [0.717, 1.165) is 42.7 Å². The second-order valence-electron chi connectivity index (χ2n) is 7.47. The first-order chi connectivity index (χ1) is 14.0. The first-order valence-corrected chi connectivity index (χ1v) is 11.0. The Bertz CT molecular complexity index is 1100. The highest BCUT2D eigenvalue weighted by atomic mass is 32.2. The molecule has 1 aliphatic heterocycles. The fourth-order valence-corrected chi connectivity index (χ4v) is 4.41. The fourth-order valence-electron chi connectivity index (χ4n) is 3.65. The molecule has 8 heteroatoms. The number of likely N-dealkylation sites (tertiary alicyclic amines) is 1. The molecule has 1 aliphatic rings. The summed E-state index contributed by atoms with van der Waals surface area (Å²) in [5.74, 6) is 0.370. The normalized spacial score (nSPS) is 14.9. The summed E-state index contributed by atoms with van der Waals surface area (Å²) < 4.78 is 1.70. The zero-order valence-corrected chi connectivity index (χ0v) is 17.6. The summed E-state index contributed by atoms with van der Waals surface area (Å²) in [7, 11) is 0. The van der Waals surface area contributed by atoms with Crippen molar-refractivity contribution in [3.63, 3.8) is 0 Å². The van der Waals surface area contributed by atoms with E-state index in [1.165, 1.54) is 24.6 Å². The van der Waals surface area contributed by atoms with Crippen LogP contribution in [0.25, 0.3) is 16.7 Å². The number of nitrogens with zero attached hydrogens (tertiary/aromatic N) is 4. The van der Waals surface area contributed by atoms with Crippen molar-refractivity contribution in [1.82, 2.24) is 24.6 Å². The van der Waals surface area contributed by atoms with Crippen LogP contribution in [0, 0.1) is 13.8 Å². The first-order valence-electron chi connectivity index (χ1n) is 10.00. The predicted molar refractivity (Wildman–Crippen MR) is 115 cm³/mol. The number of aromatic nitrogens is 4. The third-order valence-electron chi connectivity index (χ3n) is 5.51. The SMILES string of the molecule is Cc1cccc(-n2ncc3c(=O)[nH]c(SCC(=O)N4CCCCCC4)nc32)c1C. The summed E-state index contributed by atoms with van der Waals surface area (Å²) in [6.07, 6.45) is 6.04. The highest BCUT2D eigenvalue weighted by Gasteiger charge is 2.18. The number of amides is 1. The zero-order valence-electron chi connectivity index (χ0n) is 16.8. The minimum absolute atomic E-state index is 0.0997. The number of carbonyl (C=O) groups excluding carboxylic acids is 1. The monoisotopic (exact) mass is 411 g/mol. The number of aromatic amines is 1. The van der Waals surface area contributed by atoms with Crippen LogP contribution in [-0.4, -0.2) is 49.4 Å². The van der Waals surface area contributed by atoms with Crippen LogP contribution in [0.3, 0.4) is 0 Å². The lowest BCUT2D eigenvalue weighted by Gasteiger charge is -2.19. The van der Waals surface area contributed by atoms with Crippen LogP contribution in [0.1, 0.15) is 36.8 Å². The van der Waals surface area contributed by atoms with E-state index in [4.69, 9.17) is 0 Å². The Hall–Kier alpha value is -2.61. The third-order valence-corrected chi connectivity index (χ3v) is 6.37. The van der Waals surface area contributed by atoms with Crippen molar-refractivity contribution in [1.29, 1.82) is 0 Å².